The Morgan fingerprint density at radius 3 is 1.58 bits per heavy atom. The van der Waals surface area contributed by atoms with Crippen molar-refractivity contribution in [2.45, 2.75) is 0 Å². The molecular formula is C36H21NSe. The molecule has 0 fully saturated rings. The first-order chi connectivity index (χ1) is 18.9. The van der Waals surface area contributed by atoms with Gasteiger partial charge in [-0.1, -0.05) is 0 Å². The van der Waals surface area contributed by atoms with E-state index in [4.69, 9.17) is 0 Å². The Morgan fingerprint density at radius 2 is 0.842 bits per heavy atom. The van der Waals surface area contributed by atoms with Crippen molar-refractivity contribution in [2.75, 3.05) is 0 Å². The SMILES string of the molecule is c1ccc2c(c1)[se]c1ccc3c4cccc5c6ccccc6c6ccccc6c6ccccc6n(c54)c3c12. The van der Waals surface area contributed by atoms with Gasteiger partial charge in [0.05, 0.1) is 0 Å². The van der Waals surface area contributed by atoms with E-state index in [-0.39, 0.29) is 0 Å². The van der Waals surface area contributed by atoms with Crippen molar-refractivity contribution in [3.05, 3.63) is 127 Å². The molecule has 1 nitrogen and oxygen atoms in total. The van der Waals surface area contributed by atoms with E-state index >= 15 is 0 Å². The molecule has 0 aliphatic heterocycles. The number of nitrogens with zero attached hydrogens (tertiary/aromatic N) is 1. The van der Waals surface area contributed by atoms with Crippen molar-refractivity contribution in [1.82, 2.24) is 4.40 Å². The number of fused-ring (bicyclic) bond motifs is 14. The van der Waals surface area contributed by atoms with E-state index in [2.05, 4.69) is 132 Å². The summed E-state index contributed by atoms with van der Waals surface area (Å²) in [6.07, 6.45) is 0. The number of hydrogen-bond acceptors (Lipinski definition) is 0. The molecule has 0 amide bonds. The maximum atomic E-state index is 2.59. The zero-order chi connectivity index (χ0) is 24.8. The fourth-order valence-corrected chi connectivity index (χ4v) is 8.95. The van der Waals surface area contributed by atoms with E-state index in [9.17, 15) is 0 Å². The molecule has 6 aromatic carbocycles. The van der Waals surface area contributed by atoms with Crippen LogP contribution in [0, 0.1) is 0 Å². The van der Waals surface area contributed by atoms with Crippen LogP contribution in [0.2, 0.25) is 0 Å². The Morgan fingerprint density at radius 1 is 0.342 bits per heavy atom. The van der Waals surface area contributed by atoms with Gasteiger partial charge in [-0.15, -0.1) is 0 Å². The van der Waals surface area contributed by atoms with E-state index in [0.717, 1.165) is 0 Å². The van der Waals surface area contributed by atoms with Gasteiger partial charge in [0.2, 0.25) is 0 Å². The third-order valence-electron chi connectivity index (χ3n) is 8.16. The fraction of sp³-hybridized carbons (Fsp3) is 0. The summed E-state index contributed by atoms with van der Waals surface area (Å²) in [4.78, 5) is 0. The van der Waals surface area contributed by atoms with Crippen molar-refractivity contribution in [3.63, 3.8) is 0 Å². The van der Waals surface area contributed by atoms with E-state index in [0.29, 0.717) is 14.5 Å². The minimum absolute atomic E-state index is 0.316. The molecule has 3 heterocycles. The van der Waals surface area contributed by atoms with Gasteiger partial charge < -0.3 is 0 Å². The molecule has 3 aromatic heterocycles. The average Bonchev–Trinajstić information content (AvgIpc) is 3.53. The molecule has 176 valence electrons. The monoisotopic (exact) mass is 547 g/mol. The van der Waals surface area contributed by atoms with Crippen LogP contribution in [-0.4, -0.2) is 18.9 Å². The molecular weight excluding hydrogens is 525 g/mol. The summed E-state index contributed by atoms with van der Waals surface area (Å²) in [5.74, 6) is 0. The van der Waals surface area contributed by atoms with Gasteiger partial charge in [-0.3, -0.25) is 0 Å². The van der Waals surface area contributed by atoms with Gasteiger partial charge in [0, 0.05) is 0 Å². The quantitative estimate of drug-likeness (QED) is 0.167. The molecule has 2 heteroatoms. The summed E-state index contributed by atoms with van der Waals surface area (Å²) >= 11 is 0.316. The van der Waals surface area contributed by atoms with Gasteiger partial charge in [0.1, 0.15) is 0 Å². The van der Waals surface area contributed by atoms with Crippen LogP contribution in [-0.2, 0) is 0 Å². The van der Waals surface area contributed by atoms with Crippen LogP contribution in [0.25, 0.3) is 78.9 Å². The molecule has 0 aliphatic rings. The molecule has 0 N–H and O–H groups in total. The van der Waals surface area contributed by atoms with Crippen LogP contribution in [0.1, 0.15) is 0 Å². The third kappa shape index (κ3) is 2.61. The first kappa shape index (κ1) is 20.7. The molecule has 0 atom stereocenters. The molecule has 9 aromatic rings. The summed E-state index contributed by atoms with van der Waals surface area (Å²) in [5, 5.41) is 13.1. The molecule has 0 spiro atoms. The zero-order valence-electron chi connectivity index (χ0n) is 20.5. The molecule has 0 aliphatic carbocycles. The normalized spacial score (nSPS) is 12.2. The number of hydrogen-bond donors (Lipinski definition) is 0. The van der Waals surface area contributed by atoms with Gasteiger partial charge in [0.25, 0.3) is 0 Å². The predicted octanol–water partition coefficient (Wildman–Crippen LogP) is 9.63. The molecule has 0 radical (unpaired) electrons. The summed E-state index contributed by atoms with van der Waals surface area (Å²) in [7, 11) is 0. The van der Waals surface area contributed by atoms with Gasteiger partial charge in [-0.25, -0.2) is 0 Å². The van der Waals surface area contributed by atoms with Crippen molar-refractivity contribution in [3.8, 4) is 0 Å². The summed E-state index contributed by atoms with van der Waals surface area (Å²) < 4.78 is 5.54. The second-order valence-electron chi connectivity index (χ2n) is 10.1. The Labute approximate surface area is 224 Å². The van der Waals surface area contributed by atoms with Crippen LogP contribution in [0.5, 0.6) is 0 Å². The number of aromatic nitrogens is 1. The van der Waals surface area contributed by atoms with E-state index in [1.165, 1.54) is 78.9 Å². The Bertz CT molecular complexity index is 2460. The topological polar surface area (TPSA) is 4.41 Å². The number of rotatable bonds is 0. The van der Waals surface area contributed by atoms with E-state index < -0.39 is 0 Å². The van der Waals surface area contributed by atoms with Crippen LogP contribution in [0.4, 0.5) is 0 Å². The standard InChI is InChI=1S/C36H21NSe/c1-3-12-24-22(10-1)23-11-2-4-13-25(23)27-16-9-17-28-29-20-21-33-34(30-15-6-8-19-32(30)38-33)36(29)37(35(27)28)31-18-7-5-14-26(24)31/h1-21H. The van der Waals surface area contributed by atoms with Crippen LogP contribution in [0.15, 0.2) is 127 Å². The average molecular weight is 547 g/mol. The molecule has 38 heavy (non-hydrogen) atoms. The molecule has 0 saturated carbocycles. The van der Waals surface area contributed by atoms with Crippen molar-refractivity contribution < 1.29 is 0 Å². The van der Waals surface area contributed by atoms with Gasteiger partial charge in [-0.2, -0.15) is 0 Å². The van der Waals surface area contributed by atoms with Crippen molar-refractivity contribution in [2.24, 2.45) is 0 Å². The minimum atomic E-state index is 0.316. The molecule has 9 rings (SSSR count). The van der Waals surface area contributed by atoms with Gasteiger partial charge in [0.15, 0.2) is 0 Å². The second-order valence-corrected chi connectivity index (χ2v) is 12.4. The second kappa shape index (κ2) is 7.58. The van der Waals surface area contributed by atoms with Crippen LogP contribution in [0.3, 0.4) is 0 Å². The Hall–Kier alpha value is -4.36. The first-order valence-electron chi connectivity index (χ1n) is 13.0. The number of benzene rings is 6. The molecule has 0 bridgehead atoms. The van der Waals surface area contributed by atoms with Gasteiger partial charge in [-0.05, 0) is 0 Å². The molecule has 0 unspecified atom stereocenters. The maximum absolute atomic E-state index is 2.59. The Kier molecular flexibility index (Phi) is 4.12. The first-order valence-corrected chi connectivity index (χ1v) is 14.8. The van der Waals surface area contributed by atoms with Gasteiger partial charge >= 0.3 is 225 Å². The number of para-hydroxylation sites is 2. The fourth-order valence-electron chi connectivity index (χ4n) is 6.62. The van der Waals surface area contributed by atoms with Crippen molar-refractivity contribution >= 4 is 93.4 Å². The van der Waals surface area contributed by atoms with E-state index in [1.807, 2.05) is 0 Å². The zero-order valence-corrected chi connectivity index (χ0v) is 22.2. The summed E-state index contributed by atoms with van der Waals surface area (Å²) in [6.45, 7) is 0. The molecule has 0 saturated heterocycles. The Balaban J connectivity index is 1.78. The van der Waals surface area contributed by atoms with Crippen LogP contribution < -0.4 is 0 Å². The summed E-state index contributed by atoms with van der Waals surface area (Å²) in [5.41, 5.74) is 3.87. The van der Waals surface area contributed by atoms with Crippen molar-refractivity contribution in [1.29, 1.82) is 0 Å². The summed E-state index contributed by atoms with van der Waals surface area (Å²) in [6, 6.07) is 47.4. The van der Waals surface area contributed by atoms with Crippen LogP contribution >= 0.6 is 0 Å². The van der Waals surface area contributed by atoms with E-state index in [1.54, 1.807) is 0 Å². The predicted molar refractivity (Wildman–Crippen MR) is 166 cm³/mol. The third-order valence-corrected chi connectivity index (χ3v) is 10.5.